The van der Waals surface area contributed by atoms with Crippen molar-refractivity contribution in [3.05, 3.63) is 34.1 Å². The number of halogens is 2. The van der Waals surface area contributed by atoms with Crippen LogP contribution in [0.25, 0.3) is 0 Å². The molecule has 0 radical (unpaired) electrons. The lowest BCUT2D eigenvalue weighted by Gasteiger charge is -2.46. The molecule has 0 aliphatic heterocycles. The van der Waals surface area contributed by atoms with Crippen molar-refractivity contribution in [2.75, 3.05) is 0 Å². The third-order valence-corrected chi connectivity index (χ3v) is 4.50. The van der Waals surface area contributed by atoms with Gasteiger partial charge in [0, 0.05) is 10.9 Å². The van der Waals surface area contributed by atoms with Crippen LogP contribution in [0.5, 0.6) is 0 Å². The van der Waals surface area contributed by atoms with Gasteiger partial charge in [-0.15, -0.1) is 0 Å². The van der Waals surface area contributed by atoms with Gasteiger partial charge in [0.2, 0.25) is 0 Å². The van der Waals surface area contributed by atoms with Gasteiger partial charge in [0.25, 0.3) is 0 Å². The van der Waals surface area contributed by atoms with Gasteiger partial charge in [-0.25, -0.2) is 4.39 Å². The predicted molar refractivity (Wildman–Crippen MR) is 70.3 cm³/mol. The Labute approximate surface area is 110 Å². The van der Waals surface area contributed by atoms with Crippen LogP contribution in [0.1, 0.15) is 32.3 Å². The summed E-state index contributed by atoms with van der Waals surface area (Å²) in [7, 11) is 0. The molecule has 1 fully saturated rings. The molecule has 1 aliphatic carbocycles. The van der Waals surface area contributed by atoms with E-state index >= 15 is 0 Å². The summed E-state index contributed by atoms with van der Waals surface area (Å²) in [5.41, 5.74) is 0.394. The molecule has 0 unspecified atom stereocenters. The molecule has 1 aliphatic rings. The summed E-state index contributed by atoms with van der Waals surface area (Å²) in [5.74, 6) is 1.01. The first-order valence-electron chi connectivity index (χ1n) is 6.06. The Morgan fingerprint density at radius 1 is 1.47 bits per heavy atom. The van der Waals surface area contributed by atoms with Crippen LogP contribution in [0.2, 0.25) is 0 Å². The number of hydrogen-bond acceptors (Lipinski definition) is 1. The van der Waals surface area contributed by atoms with Crippen molar-refractivity contribution in [2.45, 2.75) is 38.7 Å². The summed E-state index contributed by atoms with van der Waals surface area (Å²) in [6.07, 6.45) is 2.32. The number of rotatable bonds is 3. The highest BCUT2D eigenvalue weighted by atomic mass is 79.9. The van der Waals surface area contributed by atoms with Crippen molar-refractivity contribution >= 4 is 15.9 Å². The van der Waals surface area contributed by atoms with Crippen LogP contribution in [0.4, 0.5) is 4.39 Å². The van der Waals surface area contributed by atoms with Gasteiger partial charge in [0.05, 0.1) is 5.60 Å². The van der Waals surface area contributed by atoms with Gasteiger partial charge in [0.1, 0.15) is 5.82 Å². The molecular formula is C14H18BrFO. The van der Waals surface area contributed by atoms with Gasteiger partial charge >= 0.3 is 0 Å². The molecule has 0 bridgehead atoms. The highest BCUT2D eigenvalue weighted by molar-refractivity contribution is 9.10. The van der Waals surface area contributed by atoms with E-state index in [1.807, 2.05) is 0 Å². The Hall–Kier alpha value is -0.410. The van der Waals surface area contributed by atoms with Crippen LogP contribution in [-0.2, 0) is 6.42 Å². The normalized spacial score (nSPS) is 28.2. The second kappa shape index (κ2) is 4.69. The number of benzene rings is 1. The molecule has 0 heterocycles. The molecule has 1 nitrogen and oxygen atoms in total. The zero-order valence-corrected chi connectivity index (χ0v) is 11.8. The van der Waals surface area contributed by atoms with Crippen LogP contribution in [0, 0.1) is 17.7 Å². The summed E-state index contributed by atoms with van der Waals surface area (Å²) < 4.78 is 13.7. The van der Waals surface area contributed by atoms with Gasteiger partial charge in [0.15, 0.2) is 0 Å². The average molecular weight is 301 g/mol. The van der Waals surface area contributed by atoms with Gasteiger partial charge in [-0.2, -0.15) is 0 Å². The average Bonchev–Trinajstić information content (AvgIpc) is 2.18. The van der Waals surface area contributed by atoms with Crippen LogP contribution in [0.3, 0.4) is 0 Å². The SMILES string of the molecule is CC(C)C1CC(O)(Cc2ccc(F)cc2Br)C1. The smallest absolute Gasteiger partial charge is 0.124 e. The molecule has 0 saturated heterocycles. The van der Waals surface area contributed by atoms with E-state index in [2.05, 4.69) is 29.8 Å². The molecule has 1 aromatic rings. The molecule has 0 spiro atoms. The van der Waals surface area contributed by atoms with Crippen LogP contribution >= 0.6 is 15.9 Å². The fraction of sp³-hybridized carbons (Fsp3) is 0.571. The molecule has 3 heteroatoms. The van der Waals surface area contributed by atoms with Crippen LogP contribution < -0.4 is 0 Å². The minimum atomic E-state index is -0.588. The second-order valence-electron chi connectivity index (χ2n) is 5.55. The van der Waals surface area contributed by atoms with Crippen LogP contribution in [0.15, 0.2) is 22.7 Å². The molecule has 0 aromatic heterocycles. The molecule has 94 valence electrons. The minimum Gasteiger partial charge on any atom is -0.390 e. The predicted octanol–water partition coefficient (Wildman–Crippen LogP) is 3.93. The third-order valence-electron chi connectivity index (χ3n) is 3.76. The third kappa shape index (κ3) is 2.89. The van der Waals surface area contributed by atoms with Gasteiger partial charge < -0.3 is 5.11 Å². The van der Waals surface area contributed by atoms with Crippen LogP contribution in [-0.4, -0.2) is 10.7 Å². The Morgan fingerprint density at radius 2 is 2.12 bits per heavy atom. The van der Waals surface area contributed by atoms with Crippen molar-refractivity contribution in [1.82, 2.24) is 0 Å². The van der Waals surface area contributed by atoms with Gasteiger partial charge in [-0.1, -0.05) is 35.8 Å². The topological polar surface area (TPSA) is 20.2 Å². The molecule has 0 amide bonds. The van der Waals surface area contributed by atoms with E-state index in [0.717, 1.165) is 22.9 Å². The van der Waals surface area contributed by atoms with Crippen molar-refractivity contribution in [1.29, 1.82) is 0 Å². The van der Waals surface area contributed by atoms with Crippen molar-refractivity contribution in [2.24, 2.45) is 11.8 Å². The number of hydrogen-bond donors (Lipinski definition) is 1. The number of aliphatic hydroxyl groups is 1. The van der Waals surface area contributed by atoms with E-state index in [9.17, 15) is 9.50 Å². The Balaban J connectivity index is 2.02. The molecular weight excluding hydrogens is 283 g/mol. The maximum absolute atomic E-state index is 13.0. The first-order valence-corrected chi connectivity index (χ1v) is 6.85. The largest absolute Gasteiger partial charge is 0.390 e. The molecule has 2 rings (SSSR count). The summed E-state index contributed by atoms with van der Waals surface area (Å²) in [5, 5.41) is 10.4. The van der Waals surface area contributed by atoms with Crippen molar-refractivity contribution in [3.8, 4) is 0 Å². The summed E-state index contributed by atoms with van der Waals surface area (Å²) >= 11 is 3.35. The maximum atomic E-state index is 13.0. The van der Waals surface area contributed by atoms with E-state index in [1.54, 1.807) is 6.07 Å². The first kappa shape index (κ1) is 13.0. The standard InChI is InChI=1S/C14H18BrFO/c1-9(2)11-7-14(17,8-11)6-10-3-4-12(16)5-13(10)15/h3-5,9,11,17H,6-8H2,1-2H3. The Bertz CT molecular complexity index is 411. The monoisotopic (exact) mass is 300 g/mol. The molecule has 0 atom stereocenters. The summed E-state index contributed by atoms with van der Waals surface area (Å²) in [6, 6.07) is 4.65. The molecule has 17 heavy (non-hydrogen) atoms. The van der Waals surface area contributed by atoms with Gasteiger partial charge in [-0.05, 0) is 42.4 Å². The van der Waals surface area contributed by atoms with Crippen molar-refractivity contribution < 1.29 is 9.50 Å². The zero-order chi connectivity index (χ0) is 12.6. The lowest BCUT2D eigenvalue weighted by atomic mass is 9.64. The summed E-state index contributed by atoms with van der Waals surface area (Å²) in [6.45, 7) is 4.39. The van der Waals surface area contributed by atoms with E-state index in [1.165, 1.54) is 12.1 Å². The lowest BCUT2D eigenvalue weighted by Crippen LogP contribution is -2.47. The van der Waals surface area contributed by atoms with E-state index in [0.29, 0.717) is 18.3 Å². The van der Waals surface area contributed by atoms with Crippen molar-refractivity contribution in [3.63, 3.8) is 0 Å². The molecule has 1 N–H and O–H groups in total. The van der Waals surface area contributed by atoms with E-state index < -0.39 is 5.60 Å². The fourth-order valence-corrected chi connectivity index (χ4v) is 3.04. The lowest BCUT2D eigenvalue weighted by molar-refractivity contribution is -0.0861. The molecule has 1 aromatic carbocycles. The minimum absolute atomic E-state index is 0.249. The fourth-order valence-electron chi connectivity index (χ4n) is 2.55. The Kier molecular flexibility index (Phi) is 3.60. The molecule has 1 saturated carbocycles. The quantitative estimate of drug-likeness (QED) is 0.897. The van der Waals surface area contributed by atoms with Gasteiger partial charge in [-0.3, -0.25) is 0 Å². The Morgan fingerprint density at radius 3 is 2.65 bits per heavy atom. The summed E-state index contributed by atoms with van der Waals surface area (Å²) in [4.78, 5) is 0. The first-order chi connectivity index (χ1) is 7.89. The highest BCUT2D eigenvalue weighted by Crippen LogP contribution is 2.44. The van der Waals surface area contributed by atoms with E-state index in [4.69, 9.17) is 0 Å². The maximum Gasteiger partial charge on any atom is 0.124 e. The zero-order valence-electron chi connectivity index (χ0n) is 10.2. The van der Waals surface area contributed by atoms with E-state index in [-0.39, 0.29) is 5.82 Å². The highest BCUT2D eigenvalue weighted by Gasteiger charge is 2.43. The second-order valence-corrected chi connectivity index (χ2v) is 6.40.